The molecular formula is C14H22N4O. The number of hydrogen-bond donors (Lipinski definition) is 2. The molecule has 0 bridgehead atoms. The number of aryl methyl sites for hydroxylation is 2. The Morgan fingerprint density at radius 1 is 1.47 bits per heavy atom. The van der Waals surface area contributed by atoms with E-state index in [2.05, 4.69) is 16.8 Å². The molecule has 2 atom stereocenters. The monoisotopic (exact) mass is 262 g/mol. The highest BCUT2D eigenvalue weighted by Crippen LogP contribution is 2.27. The zero-order chi connectivity index (χ0) is 14.2. The second-order valence-electron chi connectivity index (χ2n) is 5.48. The maximum absolute atomic E-state index is 11.7. The molecule has 0 saturated carbocycles. The lowest BCUT2D eigenvalue weighted by Crippen LogP contribution is -2.48. The zero-order valence-corrected chi connectivity index (χ0v) is 11.8. The van der Waals surface area contributed by atoms with Crippen molar-refractivity contribution in [2.45, 2.75) is 33.2 Å². The fourth-order valence-electron chi connectivity index (χ4n) is 2.68. The minimum absolute atomic E-state index is 0.128. The van der Waals surface area contributed by atoms with E-state index in [0.717, 1.165) is 30.9 Å². The SMILES string of the molecule is Cc1cc(N2CCC(C)C(N)C2)c(C(N)=O)c(C)n1. The van der Waals surface area contributed by atoms with Crippen molar-refractivity contribution in [3.63, 3.8) is 0 Å². The van der Waals surface area contributed by atoms with Gasteiger partial charge in [-0.2, -0.15) is 0 Å². The molecule has 1 amide bonds. The molecule has 0 radical (unpaired) electrons. The lowest BCUT2D eigenvalue weighted by atomic mass is 9.93. The Morgan fingerprint density at radius 2 is 2.16 bits per heavy atom. The maximum Gasteiger partial charge on any atom is 0.252 e. The molecule has 0 spiro atoms. The first-order valence-corrected chi connectivity index (χ1v) is 6.68. The average Bonchev–Trinajstić information content (AvgIpc) is 2.31. The molecule has 104 valence electrons. The predicted octanol–water partition coefficient (Wildman–Crippen LogP) is 0.971. The summed E-state index contributed by atoms with van der Waals surface area (Å²) >= 11 is 0. The van der Waals surface area contributed by atoms with Crippen LogP contribution in [0.25, 0.3) is 0 Å². The molecule has 1 fully saturated rings. The van der Waals surface area contributed by atoms with Gasteiger partial charge in [0.05, 0.1) is 16.9 Å². The number of carbonyl (C=O) groups excluding carboxylic acids is 1. The molecular weight excluding hydrogens is 240 g/mol. The van der Waals surface area contributed by atoms with E-state index in [1.807, 2.05) is 19.9 Å². The third-order valence-corrected chi connectivity index (χ3v) is 3.91. The third-order valence-electron chi connectivity index (χ3n) is 3.91. The predicted molar refractivity (Wildman–Crippen MR) is 76.2 cm³/mol. The van der Waals surface area contributed by atoms with Crippen molar-refractivity contribution >= 4 is 11.6 Å². The van der Waals surface area contributed by atoms with E-state index in [1.54, 1.807) is 0 Å². The lowest BCUT2D eigenvalue weighted by Gasteiger charge is -2.37. The van der Waals surface area contributed by atoms with Crippen molar-refractivity contribution in [3.8, 4) is 0 Å². The van der Waals surface area contributed by atoms with Crippen LogP contribution in [0.15, 0.2) is 6.07 Å². The van der Waals surface area contributed by atoms with Gasteiger partial charge >= 0.3 is 0 Å². The zero-order valence-electron chi connectivity index (χ0n) is 11.8. The van der Waals surface area contributed by atoms with Gasteiger partial charge in [-0.05, 0) is 32.3 Å². The number of nitrogens with two attached hydrogens (primary N) is 2. The van der Waals surface area contributed by atoms with Crippen LogP contribution in [0.5, 0.6) is 0 Å². The van der Waals surface area contributed by atoms with Crippen LogP contribution in [0.4, 0.5) is 5.69 Å². The van der Waals surface area contributed by atoms with E-state index in [4.69, 9.17) is 11.5 Å². The van der Waals surface area contributed by atoms with Crippen LogP contribution in [0.1, 0.15) is 35.1 Å². The van der Waals surface area contributed by atoms with E-state index in [-0.39, 0.29) is 6.04 Å². The highest BCUT2D eigenvalue weighted by Gasteiger charge is 2.26. The van der Waals surface area contributed by atoms with E-state index in [0.29, 0.717) is 17.2 Å². The van der Waals surface area contributed by atoms with Gasteiger partial charge in [-0.1, -0.05) is 6.92 Å². The molecule has 1 saturated heterocycles. The smallest absolute Gasteiger partial charge is 0.252 e. The second kappa shape index (κ2) is 5.17. The average molecular weight is 262 g/mol. The van der Waals surface area contributed by atoms with Gasteiger partial charge in [0.25, 0.3) is 5.91 Å². The fourth-order valence-corrected chi connectivity index (χ4v) is 2.68. The van der Waals surface area contributed by atoms with Gasteiger partial charge in [-0.3, -0.25) is 9.78 Å². The Balaban J connectivity index is 2.41. The fraction of sp³-hybridized carbons (Fsp3) is 0.571. The summed E-state index contributed by atoms with van der Waals surface area (Å²) in [5.74, 6) is 0.0875. The van der Waals surface area contributed by atoms with Gasteiger partial charge in [0.1, 0.15) is 0 Å². The minimum Gasteiger partial charge on any atom is -0.369 e. The number of piperidine rings is 1. The largest absolute Gasteiger partial charge is 0.369 e. The highest BCUT2D eigenvalue weighted by molar-refractivity contribution is 5.99. The molecule has 1 aromatic rings. The normalized spacial score (nSPS) is 23.5. The van der Waals surface area contributed by atoms with Crippen LogP contribution < -0.4 is 16.4 Å². The summed E-state index contributed by atoms with van der Waals surface area (Å²) in [6.07, 6.45) is 1.03. The molecule has 1 aliphatic rings. The molecule has 19 heavy (non-hydrogen) atoms. The van der Waals surface area contributed by atoms with Crippen LogP contribution in [0.2, 0.25) is 0 Å². The van der Waals surface area contributed by atoms with Crippen molar-refractivity contribution in [2.75, 3.05) is 18.0 Å². The Bertz CT molecular complexity index is 500. The molecule has 0 aromatic carbocycles. The van der Waals surface area contributed by atoms with E-state index >= 15 is 0 Å². The van der Waals surface area contributed by atoms with Crippen molar-refractivity contribution in [1.29, 1.82) is 0 Å². The number of anilines is 1. The second-order valence-corrected chi connectivity index (χ2v) is 5.48. The molecule has 5 nitrogen and oxygen atoms in total. The molecule has 2 rings (SSSR count). The number of aromatic nitrogens is 1. The van der Waals surface area contributed by atoms with Crippen LogP contribution in [-0.4, -0.2) is 30.0 Å². The molecule has 0 aliphatic carbocycles. The van der Waals surface area contributed by atoms with E-state index in [1.165, 1.54) is 0 Å². The van der Waals surface area contributed by atoms with Crippen LogP contribution in [-0.2, 0) is 0 Å². The number of hydrogen-bond acceptors (Lipinski definition) is 4. The van der Waals surface area contributed by atoms with Gasteiger partial charge in [-0.25, -0.2) is 0 Å². The first-order valence-electron chi connectivity index (χ1n) is 6.68. The number of primary amides is 1. The summed E-state index contributed by atoms with van der Waals surface area (Å²) in [7, 11) is 0. The van der Waals surface area contributed by atoms with E-state index < -0.39 is 5.91 Å². The molecule has 2 heterocycles. The summed E-state index contributed by atoms with van der Waals surface area (Å²) in [5.41, 5.74) is 14.6. The number of carbonyl (C=O) groups is 1. The van der Waals surface area contributed by atoms with Gasteiger partial charge < -0.3 is 16.4 Å². The lowest BCUT2D eigenvalue weighted by molar-refractivity contribution is 0.0999. The van der Waals surface area contributed by atoms with Gasteiger partial charge in [0.15, 0.2) is 0 Å². The summed E-state index contributed by atoms with van der Waals surface area (Å²) in [6.45, 7) is 7.57. The summed E-state index contributed by atoms with van der Waals surface area (Å²) < 4.78 is 0. The van der Waals surface area contributed by atoms with Crippen molar-refractivity contribution < 1.29 is 4.79 Å². The van der Waals surface area contributed by atoms with Crippen LogP contribution in [0, 0.1) is 19.8 Å². The minimum atomic E-state index is -0.424. The standard InChI is InChI=1S/C14H22N4O/c1-8-4-5-18(7-11(8)15)12-6-9(2)17-10(3)13(12)14(16)19/h6,8,11H,4-5,7,15H2,1-3H3,(H2,16,19). The quantitative estimate of drug-likeness (QED) is 0.831. The van der Waals surface area contributed by atoms with Gasteiger partial charge in [0.2, 0.25) is 0 Å². The van der Waals surface area contributed by atoms with Crippen LogP contribution >= 0.6 is 0 Å². The van der Waals surface area contributed by atoms with Gasteiger partial charge in [-0.15, -0.1) is 0 Å². The number of rotatable bonds is 2. The van der Waals surface area contributed by atoms with Gasteiger partial charge in [0, 0.05) is 24.8 Å². The number of nitrogens with zero attached hydrogens (tertiary/aromatic N) is 2. The molecule has 4 N–H and O–H groups in total. The first-order chi connectivity index (χ1) is 8.90. The van der Waals surface area contributed by atoms with Crippen molar-refractivity contribution in [2.24, 2.45) is 17.4 Å². The molecule has 1 aliphatic heterocycles. The van der Waals surface area contributed by atoms with Crippen LogP contribution in [0.3, 0.4) is 0 Å². The summed E-state index contributed by atoms with van der Waals surface area (Å²) in [4.78, 5) is 18.2. The Morgan fingerprint density at radius 3 is 2.74 bits per heavy atom. The molecule has 1 aromatic heterocycles. The highest BCUT2D eigenvalue weighted by atomic mass is 16.1. The number of amides is 1. The molecule has 2 unspecified atom stereocenters. The Kier molecular flexibility index (Phi) is 3.75. The summed E-state index contributed by atoms with van der Waals surface area (Å²) in [5, 5.41) is 0. The molecule has 5 heteroatoms. The van der Waals surface area contributed by atoms with Crippen molar-refractivity contribution in [3.05, 3.63) is 23.0 Å². The first kappa shape index (κ1) is 13.8. The topological polar surface area (TPSA) is 85.2 Å². The Labute approximate surface area is 114 Å². The van der Waals surface area contributed by atoms with Crippen molar-refractivity contribution in [1.82, 2.24) is 4.98 Å². The third kappa shape index (κ3) is 2.71. The van der Waals surface area contributed by atoms with E-state index in [9.17, 15) is 4.79 Å². The maximum atomic E-state index is 11.7. The number of pyridine rings is 1. The summed E-state index contributed by atoms with van der Waals surface area (Å²) in [6, 6.07) is 2.05. The Hall–Kier alpha value is -1.62.